The van der Waals surface area contributed by atoms with Crippen LogP contribution < -0.4 is 14.4 Å². The van der Waals surface area contributed by atoms with E-state index in [9.17, 15) is 0 Å². The van der Waals surface area contributed by atoms with Crippen molar-refractivity contribution in [3.8, 4) is 22.8 Å². The molecular weight excluding hydrogens is 621 g/mol. The van der Waals surface area contributed by atoms with Crippen LogP contribution in [-0.2, 0) is 6.61 Å². The van der Waals surface area contributed by atoms with E-state index in [0.29, 0.717) is 27.8 Å². The van der Waals surface area contributed by atoms with Crippen LogP contribution in [-0.4, -0.2) is 31.4 Å². The van der Waals surface area contributed by atoms with Gasteiger partial charge in [-0.2, -0.15) is 0 Å². The highest BCUT2D eigenvalue weighted by molar-refractivity contribution is 7.09. The Morgan fingerprint density at radius 3 is 2.42 bits per heavy atom. The lowest BCUT2D eigenvalue weighted by atomic mass is 9.68. The summed E-state index contributed by atoms with van der Waals surface area (Å²) >= 11 is 13.7. The fraction of sp³-hybridized carbons (Fsp3) is 0.353. The molecule has 0 atom stereocenters. The van der Waals surface area contributed by atoms with Gasteiger partial charge in [-0.1, -0.05) is 60.7 Å². The van der Waals surface area contributed by atoms with Crippen molar-refractivity contribution in [2.24, 2.45) is 10.4 Å². The van der Waals surface area contributed by atoms with Crippen molar-refractivity contribution in [3.63, 3.8) is 0 Å². The molecular formula is C34H36Cl3N3O2S. The van der Waals surface area contributed by atoms with Crippen LogP contribution in [0, 0.1) is 5.41 Å². The molecule has 3 aromatic carbocycles. The molecule has 1 saturated carbocycles. The predicted molar refractivity (Wildman–Crippen MR) is 183 cm³/mol. The van der Waals surface area contributed by atoms with Gasteiger partial charge in [0.05, 0.1) is 29.2 Å². The van der Waals surface area contributed by atoms with Crippen LogP contribution in [0.1, 0.15) is 55.5 Å². The van der Waals surface area contributed by atoms with E-state index < -0.39 is 0 Å². The van der Waals surface area contributed by atoms with Crippen molar-refractivity contribution in [1.29, 1.82) is 0 Å². The number of aromatic nitrogens is 1. The lowest BCUT2D eigenvalue weighted by molar-refractivity contribution is 0.144. The average molecular weight is 657 g/mol. The highest BCUT2D eigenvalue weighted by atomic mass is 35.5. The average Bonchev–Trinajstić information content (AvgIpc) is 3.50. The molecule has 2 aliphatic rings. The summed E-state index contributed by atoms with van der Waals surface area (Å²) in [6, 6.07) is 19.7. The number of methoxy groups -OCH3 is 1. The van der Waals surface area contributed by atoms with E-state index in [2.05, 4.69) is 23.1 Å². The summed E-state index contributed by atoms with van der Waals surface area (Å²) in [7, 11) is 1.76. The Morgan fingerprint density at radius 1 is 0.930 bits per heavy atom. The quantitative estimate of drug-likeness (QED) is 0.177. The van der Waals surface area contributed by atoms with Gasteiger partial charge in [0.15, 0.2) is 0 Å². The number of piperidine rings is 1. The van der Waals surface area contributed by atoms with Crippen molar-refractivity contribution in [2.75, 3.05) is 25.1 Å². The molecule has 2 heterocycles. The summed E-state index contributed by atoms with van der Waals surface area (Å²) in [6.07, 6.45) is 11.5. The van der Waals surface area contributed by atoms with Gasteiger partial charge in [0.2, 0.25) is 0 Å². The second kappa shape index (κ2) is 14.3. The van der Waals surface area contributed by atoms with Crippen molar-refractivity contribution in [1.82, 2.24) is 4.98 Å². The van der Waals surface area contributed by atoms with E-state index in [1.54, 1.807) is 36.6 Å². The SMILES string of the molecule is COc1cc(C=Nc2ccc(-c3csc(COc4ccc(Cl)cc4Cl)n3)cc2)ccc1N1CCC2(CCCCC2)CC1.Cl. The van der Waals surface area contributed by atoms with Gasteiger partial charge in [0.25, 0.3) is 0 Å². The second-order valence-electron chi connectivity index (χ2n) is 11.3. The highest BCUT2D eigenvalue weighted by Crippen LogP contribution is 2.46. The first-order valence-corrected chi connectivity index (χ1v) is 16.2. The number of aliphatic imine (C=N–C) groups is 1. The Bertz CT molecular complexity index is 1540. The Labute approximate surface area is 274 Å². The van der Waals surface area contributed by atoms with Gasteiger partial charge < -0.3 is 14.4 Å². The molecule has 43 heavy (non-hydrogen) atoms. The standard InChI is InChI=1S/C34H35Cl2N3O2S.ClH/c1-40-32-19-24(5-11-30(32)39-17-15-34(16-18-39)13-3-2-4-14-34)21-37-27-9-6-25(7-10-27)29-23-42-33(38-29)22-41-31-12-8-26(35)20-28(31)36;/h5-12,19-21,23H,2-4,13-18,22H2,1H3;1H. The smallest absolute Gasteiger partial charge is 0.142 e. The maximum atomic E-state index is 6.21. The number of thiazole rings is 1. The molecule has 9 heteroatoms. The third-order valence-corrected chi connectivity index (χ3v) is 9.96. The Kier molecular flexibility index (Phi) is 10.6. The summed E-state index contributed by atoms with van der Waals surface area (Å²) < 4.78 is 11.6. The second-order valence-corrected chi connectivity index (χ2v) is 13.1. The minimum atomic E-state index is 0. The van der Waals surface area contributed by atoms with Crippen LogP contribution in [0.15, 0.2) is 71.0 Å². The molecule has 2 fully saturated rings. The molecule has 6 rings (SSSR count). The molecule has 1 aliphatic heterocycles. The summed E-state index contributed by atoms with van der Waals surface area (Å²) in [4.78, 5) is 11.9. The molecule has 1 aliphatic carbocycles. The van der Waals surface area contributed by atoms with Gasteiger partial charge in [-0.15, -0.1) is 23.7 Å². The maximum absolute atomic E-state index is 6.21. The van der Waals surface area contributed by atoms with Gasteiger partial charge in [-0.05, 0) is 79.1 Å². The molecule has 0 amide bonds. The van der Waals surface area contributed by atoms with Crippen LogP contribution >= 0.6 is 46.9 Å². The fourth-order valence-corrected chi connectivity index (χ4v) is 7.35. The zero-order valence-electron chi connectivity index (χ0n) is 24.2. The number of nitrogens with zero attached hydrogens (tertiary/aromatic N) is 3. The van der Waals surface area contributed by atoms with E-state index >= 15 is 0 Å². The maximum Gasteiger partial charge on any atom is 0.142 e. The van der Waals surface area contributed by atoms with Gasteiger partial charge >= 0.3 is 0 Å². The van der Waals surface area contributed by atoms with Gasteiger partial charge in [0, 0.05) is 35.3 Å². The minimum absolute atomic E-state index is 0. The number of anilines is 1. The molecule has 1 spiro atoms. The number of hydrogen-bond donors (Lipinski definition) is 0. The Hall–Kier alpha value is -2.77. The number of rotatable bonds is 8. The molecule has 1 aromatic heterocycles. The normalized spacial score (nSPS) is 16.3. The Balaban J connectivity index is 0.00000368. The molecule has 5 nitrogen and oxygen atoms in total. The van der Waals surface area contributed by atoms with Crippen LogP contribution in [0.2, 0.25) is 10.0 Å². The number of ether oxygens (including phenoxy) is 2. The molecule has 0 bridgehead atoms. The lowest BCUT2D eigenvalue weighted by Crippen LogP contribution is -2.41. The van der Waals surface area contributed by atoms with Crippen LogP contribution in [0.25, 0.3) is 11.3 Å². The number of halogens is 3. The van der Waals surface area contributed by atoms with E-state index in [0.717, 1.165) is 46.4 Å². The van der Waals surface area contributed by atoms with Gasteiger partial charge in [-0.25, -0.2) is 4.98 Å². The molecule has 1 saturated heterocycles. The fourth-order valence-electron chi connectivity index (χ4n) is 6.17. The minimum Gasteiger partial charge on any atom is -0.495 e. The first-order chi connectivity index (χ1) is 20.5. The lowest BCUT2D eigenvalue weighted by Gasteiger charge is -2.45. The number of benzene rings is 3. The molecule has 0 N–H and O–H groups in total. The summed E-state index contributed by atoms with van der Waals surface area (Å²) in [5.74, 6) is 1.50. The third-order valence-electron chi connectivity index (χ3n) is 8.61. The van der Waals surface area contributed by atoms with E-state index in [1.165, 1.54) is 50.6 Å². The zero-order valence-corrected chi connectivity index (χ0v) is 27.4. The highest BCUT2D eigenvalue weighted by Gasteiger charge is 2.36. The number of hydrogen-bond acceptors (Lipinski definition) is 6. The summed E-state index contributed by atoms with van der Waals surface area (Å²) in [5, 5.41) is 3.97. The third kappa shape index (κ3) is 7.66. The zero-order chi connectivity index (χ0) is 28.9. The van der Waals surface area contributed by atoms with Crippen LogP contribution in [0.5, 0.6) is 11.5 Å². The van der Waals surface area contributed by atoms with Crippen LogP contribution in [0.4, 0.5) is 11.4 Å². The van der Waals surface area contributed by atoms with E-state index in [1.807, 2.05) is 35.9 Å². The monoisotopic (exact) mass is 655 g/mol. The topological polar surface area (TPSA) is 47.0 Å². The molecule has 226 valence electrons. The summed E-state index contributed by atoms with van der Waals surface area (Å²) in [5.41, 5.74) is 5.62. The molecule has 0 radical (unpaired) electrons. The summed E-state index contributed by atoms with van der Waals surface area (Å²) in [6.45, 7) is 2.57. The van der Waals surface area contributed by atoms with Crippen LogP contribution in [0.3, 0.4) is 0 Å². The molecule has 4 aromatic rings. The van der Waals surface area contributed by atoms with E-state index in [4.69, 9.17) is 42.7 Å². The van der Waals surface area contributed by atoms with Gasteiger partial charge in [-0.3, -0.25) is 4.99 Å². The first kappa shape index (κ1) is 31.6. The van der Waals surface area contributed by atoms with Crippen molar-refractivity contribution in [2.45, 2.75) is 51.6 Å². The largest absolute Gasteiger partial charge is 0.495 e. The predicted octanol–water partition coefficient (Wildman–Crippen LogP) is 10.4. The van der Waals surface area contributed by atoms with Crippen molar-refractivity contribution in [3.05, 3.63) is 86.7 Å². The van der Waals surface area contributed by atoms with Crippen molar-refractivity contribution < 1.29 is 9.47 Å². The first-order valence-electron chi connectivity index (χ1n) is 14.6. The Morgan fingerprint density at radius 2 is 1.70 bits per heavy atom. The van der Waals surface area contributed by atoms with Gasteiger partial charge in [0.1, 0.15) is 23.1 Å². The molecule has 0 unspecified atom stereocenters. The van der Waals surface area contributed by atoms with Crippen molar-refractivity contribution >= 4 is 64.5 Å². The van der Waals surface area contributed by atoms with E-state index in [-0.39, 0.29) is 12.4 Å².